The van der Waals surface area contributed by atoms with Gasteiger partial charge in [-0.25, -0.2) is 9.50 Å². The minimum atomic E-state index is -0.109. The van der Waals surface area contributed by atoms with Gasteiger partial charge in [-0.05, 0) is 31.9 Å². The molecule has 0 aliphatic carbocycles. The van der Waals surface area contributed by atoms with Gasteiger partial charge in [-0.15, -0.1) is 0 Å². The lowest BCUT2D eigenvalue weighted by atomic mass is 10.0. The summed E-state index contributed by atoms with van der Waals surface area (Å²) in [5.74, 6) is -0.00193. The van der Waals surface area contributed by atoms with Gasteiger partial charge in [0.2, 0.25) is 0 Å². The molecule has 1 amide bonds. The molecule has 1 aliphatic heterocycles. The number of aryl methyl sites for hydroxylation is 2. The molecule has 1 fully saturated rings. The smallest absolute Gasteiger partial charge is 0.272 e. The highest BCUT2D eigenvalue weighted by Gasteiger charge is 2.30. The third kappa shape index (κ3) is 2.69. The first-order valence-electron chi connectivity index (χ1n) is 8.90. The standard InChI is InChI=1S/C19H21N5O2/c1-3-14-12(2)22-24-17(25)10-16(21-18(14)24)13-7-9-23(11-13)19(26)15-6-4-5-8-20-15/h4-6,8,10,13,22H,3,7,9,11H2,1-2H3/t13-/m0/s1. The van der Waals surface area contributed by atoms with E-state index in [4.69, 9.17) is 4.98 Å². The van der Waals surface area contributed by atoms with Gasteiger partial charge in [0.05, 0.1) is 5.69 Å². The summed E-state index contributed by atoms with van der Waals surface area (Å²) in [6, 6.07) is 6.91. The number of likely N-dealkylation sites (tertiary alicyclic amines) is 1. The number of fused-ring (bicyclic) bond motifs is 1. The van der Waals surface area contributed by atoms with Crippen LogP contribution in [0.2, 0.25) is 0 Å². The quantitative estimate of drug-likeness (QED) is 0.781. The van der Waals surface area contributed by atoms with E-state index in [1.807, 2.05) is 13.0 Å². The molecule has 1 saturated heterocycles. The van der Waals surface area contributed by atoms with E-state index in [-0.39, 0.29) is 17.4 Å². The van der Waals surface area contributed by atoms with Crippen LogP contribution in [-0.4, -0.2) is 43.5 Å². The van der Waals surface area contributed by atoms with E-state index in [0.29, 0.717) is 24.4 Å². The molecule has 3 aromatic rings. The largest absolute Gasteiger partial charge is 0.337 e. The Labute approximate surface area is 150 Å². The van der Waals surface area contributed by atoms with E-state index >= 15 is 0 Å². The van der Waals surface area contributed by atoms with E-state index in [9.17, 15) is 9.59 Å². The Morgan fingerprint density at radius 1 is 1.38 bits per heavy atom. The summed E-state index contributed by atoms with van der Waals surface area (Å²) >= 11 is 0. The van der Waals surface area contributed by atoms with Crippen LogP contribution in [0, 0.1) is 6.92 Å². The summed E-state index contributed by atoms with van der Waals surface area (Å²) in [6.07, 6.45) is 3.23. The van der Waals surface area contributed by atoms with Crippen molar-refractivity contribution in [3.05, 3.63) is 63.5 Å². The fourth-order valence-corrected chi connectivity index (χ4v) is 3.68. The van der Waals surface area contributed by atoms with Gasteiger partial charge in [0, 0.05) is 42.5 Å². The Balaban J connectivity index is 1.63. The van der Waals surface area contributed by atoms with Gasteiger partial charge in [-0.3, -0.25) is 19.7 Å². The van der Waals surface area contributed by atoms with Crippen molar-refractivity contribution in [2.75, 3.05) is 13.1 Å². The van der Waals surface area contributed by atoms with Gasteiger partial charge in [-0.2, -0.15) is 0 Å². The first kappa shape index (κ1) is 16.5. The lowest BCUT2D eigenvalue weighted by molar-refractivity contribution is 0.0785. The van der Waals surface area contributed by atoms with E-state index in [1.165, 1.54) is 4.52 Å². The second-order valence-electron chi connectivity index (χ2n) is 6.70. The van der Waals surface area contributed by atoms with Crippen molar-refractivity contribution in [2.45, 2.75) is 32.6 Å². The van der Waals surface area contributed by atoms with Crippen LogP contribution in [0.25, 0.3) is 5.65 Å². The van der Waals surface area contributed by atoms with Gasteiger partial charge in [0.15, 0.2) is 5.65 Å². The van der Waals surface area contributed by atoms with E-state index in [1.54, 1.807) is 29.3 Å². The molecule has 1 N–H and O–H groups in total. The van der Waals surface area contributed by atoms with Gasteiger partial charge in [-0.1, -0.05) is 13.0 Å². The van der Waals surface area contributed by atoms with Crippen molar-refractivity contribution in [1.82, 2.24) is 24.5 Å². The normalized spacial score (nSPS) is 17.2. The van der Waals surface area contributed by atoms with Gasteiger partial charge in [0.1, 0.15) is 5.69 Å². The van der Waals surface area contributed by atoms with Crippen LogP contribution in [0.15, 0.2) is 35.3 Å². The van der Waals surface area contributed by atoms with Gasteiger partial charge in [0.25, 0.3) is 11.5 Å². The van der Waals surface area contributed by atoms with Crippen LogP contribution < -0.4 is 5.56 Å². The minimum Gasteiger partial charge on any atom is -0.337 e. The number of H-pyrrole nitrogens is 1. The van der Waals surface area contributed by atoms with Crippen molar-refractivity contribution >= 4 is 11.6 Å². The zero-order chi connectivity index (χ0) is 18.3. The second kappa shape index (κ2) is 6.40. The number of nitrogens with zero attached hydrogens (tertiary/aromatic N) is 4. The molecule has 1 aliphatic rings. The highest BCUT2D eigenvalue weighted by atomic mass is 16.2. The highest BCUT2D eigenvalue weighted by molar-refractivity contribution is 5.92. The molecule has 3 aromatic heterocycles. The highest BCUT2D eigenvalue weighted by Crippen LogP contribution is 2.27. The summed E-state index contributed by atoms with van der Waals surface area (Å²) in [5.41, 5.74) is 3.83. The molecule has 1 atom stereocenters. The Morgan fingerprint density at radius 3 is 2.96 bits per heavy atom. The van der Waals surface area contributed by atoms with Crippen molar-refractivity contribution < 1.29 is 4.79 Å². The zero-order valence-electron chi connectivity index (χ0n) is 14.9. The third-order valence-electron chi connectivity index (χ3n) is 5.07. The number of rotatable bonds is 3. The number of aromatic nitrogens is 4. The lowest BCUT2D eigenvalue weighted by Crippen LogP contribution is -2.29. The molecule has 134 valence electrons. The molecule has 7 nitrogen and oxygen atoms in total. The Kier molecular flexibility index (Phi) is 4.06. The van der Waals surface area contributed by atoms with Crippen LogP contribution in [0.3, 0.4) is 0 Å². The molecule has 0 spiro atoms. The maximum Gasteiger partial charge on any atom is 0.272 e. The summed E-state index contributed by atoms with van der Waals surface area (Å²) in [7, 11) is 0. The minimum absolute atomic E-state index is 0.0697. The summed E-state index contributed by atoms with van der Waals surface area (Å²) in [4.78, 5) is 35.7. The van der Waals surface area contributed by atoms with Crippen LogP contribution >= 0.6 is 0 Å². The maximum absolute atomic E-state index is 12.6. The molecule has 0 bridgehead atoms. The lowest BCUT2D eigenvalue weighted by Gasteiger charge is -2.16. The number of hydrogen-bond donors (Lipinski definition) is 1. The Bertz CT molecular complexity index is 1020. The number of carbonyl (C=O) groups is 1. The van der Waals surface area contributed by atoms with E-state index in [2.05, 4.69) is 17.0 Å². The SMILES string of the molecule is CCc1c(C)[nH]n2c(=O)cc([C@H]3CCN(C(=O)c4ccccn4)C3)nc12. The van der Waals surface area contributed by atoms with Crippen LogP contribution in [-0.2, 0) is 6.42 Å². The van der Waals surface area contributed by atoms with E-state index in [0.717, 1.165) is 29.8 Å². The van der Waals surface area contributed by atoms with Crippen molar-refractivity contribution in [3.63, 3.8) is 0 Å². The van der Waals surface area contributed by atoms with Crippen LogP contribution in [0.1, 0.15) is 46.7 Å². The number of pyridine rings is 1. The molecule has 7 heteroatoms. The van der Waals surface area contributed by atoms with Gasteiger partial charge >= 0.3 is 0 Å². The van der Waals surface area contributed by atoms with Crippen LogP contribution in [0.4, 0.5) is 0 Å². The molecular formula is C19H21N5O2. The van der Waals surface area contributed by atoms with Crippen molar-refractivity contribution in [3.8, 4) is 0 Å². The molecule has 0 unspecified atom stereocenters. The zero-order valence-corrected chi connectivity index (χ0v) is 14.9. The topological polar surface area (TPSA) is 83.4 Å². The summed E-state index contributed by atoms with van der Waals surface area (Å²) < 4.78 is 1.50. The molecule has 0 radical (unpaired) electrons. The number of carbonyl (C=O) groups excluding carboxylic acids is 1. The summed E-state index contributed by atoms with van der Waals surface area (Å²) in [6.45, 7) is 5.21. The number of nitrogens with one attached hydrogen (secondary N) is 1. The first-order chi connectivity index (χ1) is 12.6. The number of aromatic amines is 1. The molecule has 0 saturated carbocycles. The van der Waals surface area contributed by atoms with E-state index < -0.39 is 0 Å². The van der Waals surface area contributed by atoms with Crippen LogP contribution in [0.5, 0.6) is 0 Å². The second-order valence-corrected chi connectivity index (χ2v) is 6.70. The van der Waals surface area contributed by atoms with Gasteiger partial charge < -0.3 is 4.90 Å². The predicted molar refractivity (Wildman–Crippen MR) is 97.4 cm³/mol. The average molecular weight is 351 g/mol. The molecular weight excluding hydrogens is 330 g/mol. The Morgan fingerprint density at radius 2 is 2.23 bits per heavy atom. The average Bonchev–Trinajstić information content (AvgIpc) is 3.26. The number of amides is 1. The molecule has 4 heterocycles. The molecule has 26 heavy (non-hydrogen) atoms. The molecule has 0 aromatic carbocycles. The fourth-order valence-electron chi connectivity index (χ4n) is 3.68. The van der Waals surface area contributed by atoms with Crippen molar-refractivity contribution in [2.24, 2.45) is 0 Å². The van der Waals surface area contributed by atoms with Crippen molar-refractivity contribution in [1.29, 1.82) is 0 Å². The maximum atomic E-state index is 12.6. The Hall–Kier alpha value is -2.96. The predicted octanol–water partition coefficient (Wildman–Crippen LogP) is 1.92. The number of hydrogen-bond acceptors (Lipinski definition) is 4. The molecule has 4 rings (SSSR count). The monoisotopic (exact) mass is 351 g/mol. The third-order valence-corrected chi connectivity index (χ3v) is 5.07. The summed E-state index contributed by atoms with van der Waals surface area (Å²) in [5, 5.41) is 3.08. The fraction of sp³-hybridized carbons (Fsp3) is 0.368. The first-order valence-corrected chi connectivity index (χ1v) is 8.90.